The number of unbranched alkanes of at least 4 members (excludes halogenated alkanes) is 1. The first-order chi connectivity index (χ1) is 17.5. The van der Waals surface area contributed by atoms with E-state index in [1.165, 1.54) is 29.0 Å². The van der Waals surface area contributed by atoms with E-state index in [0.29, 0.717) is 37.0 Å². The smallest absolute Gasteiger partial charge is 0.245 e. The van der Waals surface area contributed by atoms with E-state index in [1.54, 1.807) is 23.1 Å². The summed E-state index contributed by atoms with van der Waals surface area (Å²) in [5.74, 6) is -0.164. The van der Waals surface area contributed by atoms with E-state index in [4.69, 9.17) is 0 Å². The minimum absolute atomic E-state index is 0.108. The van der Waals surface area contributed by atoms with Crippen LogP contribution in [0.25, 0.3) is 0 Å². The first-order valence-corrected chi connectivity index (χ1v) is 16.1. The van der Waals surface area contributed by atoms with Gasteiger partial charge in [-0.25, -0.2) is 16.8 Å². The molecule has 0 aliphatic carbocycles. The van der Waals surface area contributed by atoms with Crippen molar-refractivity contribution in [1.29, 1.82) is 0 Å². The third-order valence-corrected chi connectivity index (χ3v) is 9.76. The number of hydrogen-bond donors (Lipinski definition) is 0. The van der Waals surface area contributed by atoms with Crippen molar-refractivity contribution in [1.82, 2.24) is 19.1 Å². The number of carbonyl (C=O) groups is 1. The molecule has 204 valence electrons. The van der Waals surface area contributed by atoms with E-state index < -0.39 is 19.9 Å². The summed E-state index contributed by atoms with van der Waals surface area (Å²) in [4.78, 5) is 21.3. The van der Waals surface area contributed by atoms with Gasteiger partial charge in [0.25, 0.3) is 0 Å². The number of aromatic nitrogens is 1. The SMILES string of the molecule is CCN(CCCCN1CCCN(S(=O)(=O)c2cccnc2)CC1=O)C(C)Cc1ccc(S(C)(=O)=O)cc1. The van der Waals surface area contributed by atoms with Crippen LogP contribution >= 0.6 is 0 Å². The van der Waals surface area contributed by atoms with Gasteiger partial charge in [-0.05, 0) is 75.5 Å². The van der Waals surface area contributed by atoms with Gasteiger partial charge in [-0.2, -0.15) is 4.31 Å². The summed E-state index contributed by atoms with van der Waals surface area (Å²) in [6.45, 7) is 7.41. The molecule has 0 radical (unpaired) electrons. The molecule has 1 unspecified atom stereocenters. The highest BCUT2D eigenvalue weighted by atomic mass is 32.2. The Bertz CT molecular complexity index is 1240. The molecule has 11 heteroatoms. The molecule has 0 saturated carbocycles. The number of sulfonamides is 1. The lowest BCUT2D eigenvalue weighted by Gasteiger charge is -2.28. The Morgan fingerprint density at radius 2 is 1.76 bits per heavy atom. The number of likely N-dealkylation sites (N-methyl/N-ethyl adjacent to an activating group) is 1. The number of pyridine rings is 1. The highest BCUT2D eigenvalue weighted by Crippen LogP contribution is 2.18. The van der Waals surface area contributed by atoms with E-state index in [0.717, 1.165) is 37.9 Å². The zero-order chi connectivity index (χ0) is 27.1. The van der Waals surface area contributed by atoms with Gasteiger partial charge in [-0.15, -0.1) is 0 Å². The van der Waals surface area contributed by atoms with E-state index in [9.17, 15) is 21.6 Å². The molecule has 1 aliphatic rings. The normalized spacial score (nSPS) is 16.6. The van der Waals surface area contributed by atoms with Crippen molar-refractivity contribution >= 4 is 25.8 Å². The van der Waals surface area contributed by atoms with E-state index >= 15 is 0 Å². The largest absolute Gasteiger partial charge is 0.342 e. The Labute approximate surface area is 221 Å². The lowest BCUT2D eigenvalue weighted by atomic mass is 10.1. The number of nitrogens with zero attached hydrogens (tertiary/aromatic N) is 4. The molecule has 1 aromatic heterocycles. The molecule has 1 fully saturated rings. The summed E-state index contributed by atoms with van der Waals surface area (Å²) in [7, 11) is -6.94. The lowest BCUT2D eigenvalue weighted by molar-refractivity contribution is -0.130. The van der Waals surface area contributed by atoms with Crippen LogP contribution in [0.3, 0.4) is 0 Å². The molecule has 2 heterocycles. The second-order valence-electron chi connectivity index (χ2n) is 9.57. The maximum absolute atomic E-state index is 12.9. The summed E-state index contributed by atoms with van der Waals surface area (Å²) < 4.78 is 50.4. The molecule has 1 amide bonds. The van der Waals surface area contributed by atoms with Crippen molar-refractivity contribution in [3.8, 4) is 0 Å². The zero-order valence-electron chi connectivity index (χ0n) is 21.9. The molecule has 0 N–H and O–H groups in total. The topological polar surface area (TPSA) is 108 Å². The number of rotatable bonds is 12. The van der Waals surface area contributed by atoms with Crippen LogP contribution in [0.5, 0.6) is 0 Å². The fraction of sp³-hybridized carbons (Fsp3) is 0.538. The third-order valence-electron chi connectivity index (χ3n) is 6.81. The van der Waals surface area contributed by atoms with Crippen LogP contribution in [0.15, 0.2) is 58.6 Å². The molecular weight excluding hydrogens is 512 g/mol. The molecule has 1 aliphatic heterocycles. The van der Waals surface area contributed by atoms with Crippen LogP contribution in [0.4, 0.5) is 0 Å². The minimum Gasteiger partial charge on any atom is -0.342 e. The van der Waals surface area contributed by atoms with Gasteiger partial charge in [-0.1, -0.05) is 19.1 Å². The lowest BCUT2D eigenvalue weighted by Crippen LogP contribution is -2.40. The number of hydrogen-bond acceptors (Lipinski definition) is 7. The predicted molar refractivity (Wildman–Crippen MR) is 143 cm³/mol. The Balaban J connectivity index is 1.47. The first kappa shape index (κ1) is 29.2. The average molecular weight is 551 g/mol. The fourth-order valence-electron chi connectivity index (χ4n) is 4.63. The van der Waals surface area contributed by atoms with Crippen LogP contribution in [0.2, 0.25) is 0 Å². The van der Waals surface area contributed by atoms with Crippen LogP contribution < -0.4 is 0 Å². The molecular formula is C26H38N4O5S2. The molecule has 37 heavy (non-hydrogen) atoms. The Kier molecular flexibility index (Phi) is 10.2. The van der Waals surface area contributed by atoms with Gasteiger partial charge in [0, 0.05) is 44.3 Å². The molecule has 1 atom stereocenters. The quantitative estimate of drug-likeness (QED) is 0.374. The van der Waals surface area contributed by atoms with Crippen LogP contribution in [0, 0.1) is 0 Å². The second kappa shape index (κ2) is 12.9. The highest BCUT2D eigenvalue weighted by molar-refractivity contribution is 7.90. The Morgan fingerprint density at radius 3 is 2.38 bits per heavy atom. The number of amides is 1. The molecule has 2 aromatic rings. The average Bonchev–Trinajstić information content (AvgIpc) is 3.06. The number of sulfone groups is 1. The summed E-state index contributed by atoms with van der Waals surface area (Å²) in [6, 6.07) is 10.4. The molecule has 0 bridgehead atoms. The maximum atomic E-state index is 12.9. The highest BCUT2D eigenvalue weighted by Gasteiger charge is 2.30. The summed E-state index contributed by atoms with van der Waals surface area (Å²) >= 11 is 0. The Morgan fingerprint density at radius 1 is 1.03 bits per heavy atom. The van der Waals surface area contributed by atoms with Crippen LogP contribution in [-0.4, -0.2) is 93.4 Å². The van der Waals surface area contributed by atoms with Crippen molar-refractivity contribution in [3.05, 3.63) is 54.4 Å². The molecule has 0 spiro atoms. The van der Waals surface area contributed by atoms with Crippen molar-refractivity contribution < 1.29 is 21.6 Å². The fourth-order valence-corrected chi connectivity index (χ4v) is 6.66. The van der Waals surface area contributed by atoms with Gasteiger partial charge in [-0.3, -0.25) is 9.78 Å². The molecule has 3 rings (SSSR count). The third kappa shape index (κ3) is 8.07. The van der Waals surface area contributed by atoms with E-state index in [-0.39, 0.29) is 17.3 Å². The summed E-state index contributed by atoms with van der Waals surface area (Å²) in [5, 5.41) is 0. The summed E-state index contributed by atoms with van der Waals surface area (Å²) in [6.07, 6.45) is 7.23. The van der Waals surface area contributed by atoms with Gasteiger partial charge in [0.15, 0.2) is 9.84 Å². The number of benzene rings is 1. The van der Waals surface area contributed by atoms with Crippen LogP contribution in [0.1, 0.15) is 38.7 Å². The van der Waals surface area contributed by atoms with Gasteiger partial charge >= 0.3 is 0 Å². The van der Waals surface area contributed by atoms with Gasteiger partial charge < -0.3 is 9.80 Å². The standard InChI is InChI=1S/C26H38N4O5S2/c1-4-28(22(2)19-23-10-12-24(13-11-23)36(3,32)33)15-5-6-16-29-17-8-18-30(21-26(29)31)37(34,35)25-9-7-14-27-20-25/h7,9-14,20,22H,4-6,8,15-19,21H2,1-3H3. The zero-order valence-corrected chi connectivity index (χ0v) is 23.5. The van der Waals surface area contributed by atoms with E-state index in [2.05, 4.69) is 23.7 Å². The van der Waals surface area contributed by atoms with Crippen molar-refractivity contribution in [2.45, 2.75) is 55.4 Å². The number of carbonyl (C=O) groups excluding carboxylic acids is 1. The van der Waals surface area contributed by atoms with Crippen LogP contribution in [-0.2, 0) is 31.1 Å². The van der Waals surface area contributed by atoms with Crippen molar-refractivity contribution in [2.24, 2.45) is 0 Å². The molecule has 1 aromatic carbocycles. The predicted octanol–water partition coefficient (Wildman–Crippen LogP) is 2.44. The maximum Gasteiger partial charge on any atom is 0.245 e. The van der Waals surface area contributed by atoms with Gasteiger partial charge in [0.2, 0.25) is 15.9 Å². The van der Waals surface area contributed by atoms with Crippen molar-refractivity contribution in [3.63, 3.8) is 0 Å². The van der Waals surface area contributed by atoms with Crippen molar-refractivity contribution in [2.75, 3.05) is 45.5 Å². The molecule has 1 saturated heterocycles. The Hall–Kier alpha value is -2.34. The van der Waals surface area contributed by atoms with E-state index in [1.807, 2.05) is 12.1 Å². The second-order valence-corrected chi connectivity index (χ2v) is 13.5. The first-order valence-electron chi connectivity index (χ1n) is 12.7. The van der Waals surface area contributed by atoms with Gasteiger partial charge in [0.05, 0.1) is 11.4 Å². The van der Waals surface area contributed by atoms with Gasteiger partial charge in [0.1, 0.15) is 4.90 Å². The summed E-state index contributed by atoms with van der Waals surface area (Å²) in [5.41, 5.74) is 1.10. The minimum atomic E-state index is -3.74. The molecule has 9 nitrogen and oxygen atoms in total. The monoisotopic (exact) mass is 550 g/mol.